The van der Waals surface area contributed by atoms with Crippen LogP contribution in [0.5, 0.6) is 0 Å². The number of piperidine rings is 1. The molecule has 0 spiro atoms. The third-order valence-corrected chi connectivity index (χ3v) is 6.72. The normalized spacial score (nSPS) is 17.2. The summed E-state index contributed by atoms with van der Waals surface area (Å²) in [4.78, 5) is 34.6. The van der Waals surface area contributed by atoms with Gasteiger partial charge in [-0.3, -0.25) is 9.59 Å². The van der Waals surface area contributed by atoms with Crippen LogP contribution in [0.2, 0.25) is 0 Å². The van der Waals surface area contributed by atoms with Gasteiger partial charge in [0.1, 0.15) is 6.54 Å². The number of nitrogens with zero attached hydrogens (tertiary/aromatic N) is 4. The van der Waals surface area contributed by atoms with Gasteiger partial charge in [0.2, 0.25) is 11.8 Å². The first-order chi connectivity index (χ1) is 14.3. The van der Waals surface area contributed by atoms with Crippen molar-refractivity contribution < 1.29 is 9.59 Å². The average Bonchev–Trinajstić information content (AvgIpc) is 3.03. The second-order valence-corrected chi connectivity index (χ2v) is 9.62. The lowest BCUT2D eigenvalue weighted by Crippen LogP contribution is -2.44. The van der Waals surface area contributed by atoms with E-state index in [4.69, 9.17) is 4.98 Å². The van der Waals surface area contributed by atoms with Crippen LogP contribution < -0.4 is 0 Å². The van der Waals surface area contributed by atoms with Crippen molar-refractivity contribution in [3.05, 3.63) is 24.3 Å². The number of amides is 2. The quantitative estimate of drug-likeness (QED) is 0.619. The Morgan fingerprint density at radius 2 is 1.87 bits per heavy atom. The zero-order valence-electron chi connectivity index (χ0n) is 18.8. The molecule has 0 saturated carbocycles. The van der Waals surface area contributed by atoms with Gasteiger partial charge >= 0.3 is 0 Å². The summed E-state index contributed by atoms with van der Waals surface area (Å²) in [5.41, 5.74) is 1.78. The highest BCUT2D eigenvalue weighted by Gasteiger charge is 2.25. The van der Waals surface area contributed by atoms with E-state index in [0.29, 0.717) is 11.8 Å². The average molecular weight is 431 g/mol. The zero-order chi connectivity index (χ0) is 21.8. The SMILES string of the molecule is CC1CCCCN1C(=O)CSc1nc2ccccc2n1CC(=O)N(C(C)C)C(C)C. The lowest BCUT2D eigenvalue weighted by molar-refractivity contribution is -0.135. The summed E-state index contributed by atoms with van der Waals surface area (Å²) in [6, 6.07) is 8.42. The number of benzene rings is 1. The topological polar surface area (TPSA) is 58.4 Å². The van der Waals surface area contributed by atoms with E-state index in [0.717, 1.165) is 35.6 Å². The summed E-state index contributed by atoms with van der Waals surface area (Å²) in [5.74, 6) is 0.573. The number of rotatable bonds is 7. The van der Waals surface area contributed by atoms with E-state index < -0.39 is 0 Å². The molecule has 0 N–H and O–H groups in total. The summed E-state index contributed by atoms with van der Waals surface area (Å²) >= 11 is 1.44. The number of carbonyl (C=O) groups is 2. The molecule has 30 heavy (non-hydrogen) atoms. The van der Waals surface area contributed by atoms with Crippen molar-refractivity contribution in [2.24, 2.45) is 0 Å². The zero-order valence-corrected chi connectivity index (χ0v) is 19.6. The fraction of sp³-hybridized carbons (Fsp3) is 0.609. The van der Waals surface area contributed by atoms with E-state index in [1.165, 1.54) is 18.2 Å². The van der Waals surface area contributed by atoms with E-state index in [9.17, 15) is 9.59 Å². The Morgan fingerprint density at radius 3 is 2.53 bits per heavy atom. The van der Waals surface area contributed by atoms with Crippen LogP contribution in [0.15, 0.2) is 29.4 Å². The van der Waals surface area contributed by atoms with Crippen molar-refractivity contribution in [1.82, 2.24) is 19.4 Å². The van der Waals surface area contributed by atoms with Crippen molar-refractivity contribution >= 4 is 34.6 Å². The predicted octanol–water partition coefficient (Wildman–Crippen LogP) is 4.17. The molecule has 2 heterocycles. The van der Waals surface area contributed by atoms with Gasteiger partial charge in [-0.25, -0.2) is 4.98 Å². The van der Waals surface area contributed by atoms with Crippen LogP contribution in [0.3, 0.4) is 0 Å². The molecule has 0 aliphatic carbocycles. The fourth-order valence-corrected chi connectivity index (χ4v) is 5.28. The Morgan fingerprint density at radius 1 is 1.17 bits per heavy atom. The number of likely N-dealkylation sites (tertiary alicyclic amines) is 1. The molecule has 1 fully saturated rings. The van der Waals surface area contributed by atoms with Gasteiger partial charge < -0.3 is 14.4 Å². The van der Waals surface area contributed by atoms with Crippen LogP contribution in [0.4, 0.5) is 0 Å². The van der Waals surface area contributed by atoms with Crippen molar-refractivity contribution in [3.63, 3.8) is 0 Å². The van der Waals surface area contributed by atoms with Gasteiger partial charge in [0.05, 0.1) is 16.8 Å². The minimum Gasteiger partial charge on any atom is -0.339 e. The van der Waals surface area contributed by atoms with Crippen LogP contribution in [-0.4, -0.2) is 61.6 Å². The molecule has 3 rings (SSSR count). The maximum atomic E-state index is 13.1. The molecule has 7 heteroatoms. The van der Waals surface area contributed by atoms with E-state index in [1.807, 2.05) is 66.3 Å². The first-order valence-corrected chi connectivity index (χ1v) is 12.0. The molecule has 1 saturated heterocycles. The number of imidazole rings is 1. The lowest BCUT2D eigenvalue weighted by Gasteiger charge is -2.33. The van der Waals surface area contributed by atoms with Crippen LogP contribution in [0.25, 0.3) is 11.0 Å². The molecule has 1 aliphatic heterocycles. The number of fused-ring (bicyclic) bond motifs is 1. The van der Waals surface area contributed by atoms with Gasteiger partial charge in [0.15, 0.2) is 5.16 Å². The second-order valence-electron chi connectivity index (χ2n) is 8.68. The smallest absolute Gasteiger partial charge is 0.243 e. The molecule has 2 amide bonds. The first-order valence-electron chi connectivity index (χ1n) is 11.0. The second kappa shape index (κ2) is 9.86. The van der Waals surface area contributed by atoms with Crippen molar-refractivity contribution in [2.75, 3.05) is 12.3 Å². The van der Waals surface area contributed by atoms with Crippen molar-refractivity contribution in [1.29, 1.82) is 0 Å². The molecule has 1 aliphatic rings. The summed E-state index contributed by atoms with van der Waals surface area (Å²) in [6.45, 7) is 11.4. The Bertz CT molecular complexity index is 884. The van der Waals surface area contributed by atoms with Gasteiger partial charge in [-0.15, -0.1) is 0 Å². The third-order valence-electron chi connectivity index (χ3n) is 5.76. The molecule has 2 aromatic rings. The first kappa shape index (κ1) is 22.7. The van der Waals surface area contributed by atoms with Gasteiger partial charge in [-0.2, -0.15) is 0 Å². The standard InChI is InChI=1S/C23H34N4O2S/c1-16(2)27(17(3)4)21(28)14-26-20-12-7-6-11-19(20)24-23(26)30-15-22(29)25-13-9-8-10-18(25)5/h6-7,11-12,16-18H,8-10,13-15H2,1-5H3. The maximum Gasteiger partial charge on any atom is 0.243 e. The molecule has 1 aromatic carbocycles. The molecular weight excluding hydrogens is 396 g/mol. The number of carbonyl (C=O) groups excluding carboxylic acids is 2. The van der Waals surface area contributed by atoms with E-state index >= 15 is 0 Å². The van der Waals surface area contributed by atoms with Crippen LogP contribution in [0.1, 0.15) is 53.9 Å². The maximum absolute atomic E-state index is 13.1. The van der Waals surface area contributed by atoms with Gasteiger partial charge in [-0.05, 0) is 66.0 Å². The van der Waals surface area contributed by atoms with E-state index in [1.54, 1.807) is 0 Å². The summed E-state index contributed by atoms with van der Waals surface area (Å²) in [5, 5.41) is 0.732. The lowest BCUT2D eigenvalue weighted by atomic mass is 10.0. The largest absolute Gasteiger partial charge is 0.339 e. The summed E-state index contributed by atoms with van der Waals surface area (Å²) in [6.07, 6.45) is 3.34. The molecule has 1 aromatic heterocycles. The molecule has 6 nitrogen and oxygen atoms in total. The monoisotopic (exact) mass is 430 g/mol. The van der Waals surface area contributed by atoms with Crippen LogP contribution in [0, 0.1) is 0 Å². The van der Waals surface area contributed by atoms with Crippen LogP contribution >= 0.6 is 11.8 Å². The number of para-hydroxylation sites is 2. The Hall–Kier alpha value is -2.02. The van der Waals surface area contributed by atoms with Crippen molar-refractivity contribution in [3.8, 4) is 0 Å². The van der Waals surface area contributed by atoms with Crippen LogP contribution in [-0.2, 0) is 16.1 Å². The Kier molecular flexibility index (Phi) is 7.45. The van der Waals surface area contributed by atoms with E-state index in [2.05, 4.69) is 6.92 Å². The van der Waals surface area contributed by atoms with Gasteiger partial charge in [0.25, 0.3) is 0 Å². The highest BCUT2D eigenvalue weighted by atomic mass is 32.2. The summed E-state index contributed by atoms with van der Waals surface area (Å²) in [7, 11) is 0. The molecule has 1 unspecified atom stereocenters. The highest BCUT2D eigenvalue weighted by Crippen LogP contribution is 2.26. The Balaban J connectivity index is 1.81. The number of hydrogen-bond acceptors (Lipinski definition) is 4. The minimum atomic E-state index is 0.0704. The number of thioether (sulfide) groups is 1. The molecular formula is C23H34N4O2S. The minimum absolute atomic E-state index is 0.0704. The molecule has 0 radical (unpaired) electrons. The molecule has 1 atom stereocenters. The Labute approximate surface area is 184 Å². The number of hydrogen-bond donors (Lipinski definition) is 0. The fourth-order valence-electron chi connectivity index (χ4n) is 4.38. The third kappa shape index (κ3) is 4.99. The van der Waals surface area contributed by atoms with Gasteiger partial charge in [0, 0.05) is 24.7 Å². The molecule has 0 bridgehead atoms. The van der Waals surface area contributed by atoms with Crippen molar-refractivity contribution in [2.45, 2.75) is 83.7 Å². The molecule has 164 valence electrons. The number of aromatic nitrogens is 2. The van der Waals surface area contributed by atoms with Gasteiger partial charge in [-0.1, -0.05) is 23.9 Å². The van der Waals surface area contributed by atoms with E-state index in [-0.39, 0.29) is 30.4 Å². The predicted molar refractivity (Wildman–Crippen MR) is 123 cm³/mol. The highest BCUT2D eigenvalue weighted by molar-refractivity contribution is 7.99. The summed E-state index contributed by atoms with van der Waals surface area (Å²) < 4.78 is 1.97.